The molecular formula is C19H29N3O2. The lowest BCUT2D eigenvalue weighted by molar-refractivity contribution is -0.149. The van der Waals surface area contributed by atoms with Gasteiger partial charge < -0.3 is 15.0 Å². The zero-order valence-corrected chi connectivity index (χ0v) is 15.0. The van der Waals surface area contributed by atoms with Gasteiger partial charge in [-0.1, -0.05) is 29.8 Å². The van der Waals surface area contributed by atoms with Gasteiger partial charge in [0.15, 0.2) is 5.96 Å². The first-order chi connectivity index (χ1) is 11.6. The minimum Gasteiger partial charge on any atom is -0.466 e. The van der Waals surface area contributed by atoms with Crippen molar-refractivity contribution in [1.29, 1.82) is 0 Å². The fourth-order valence-corrected chi connectivity index (χ4v) is 2.99. The summed E-state index contributed by atoms with van der Waals surface area (Å²) in [6.07, 6.45) is 2.63. The Morgan fingerprint density at radius 1 is 1.29 bits per heavy atom. The molecule has 132 valence electrons. The van der Waals surface area contributed by atoms with E-state index in [1.54, 1.807) is 0 Å². The van der Waals surface area contributed by atoms with E-state index in [2.05, 4.69) is 46.4 Å². The van der Waals surface area contributed by atoms with E-state index in [0.29, 0.717) is 6.61 Å². The lowest BCUT2D eigenvalue weighted by atomic mass is 9.97. The lowest BCUT2D eigenvalue weighted by Crippen LogP contribution is -2.47. The molecule has 0 bridgehead atoms. The predicted octanol–water partition coefficient (Wildman–Crippen LogP) is 2.39. The van der Waals surface area contributed by atoms with E-state index >= 15 is 0 Å². The Kier molecular flexibility index (Phi) is 7.09. The first kappa shape index (κ1) is 18.3. The standard InChI is InChI=1S/C19H29N3O2/c1-4-24-18(23)17-10-13-22(14-11-17)19(20-3)21-12-9-16-7-5-15(2)6-8-16/h5-8,17H,4,9-14H2,1-3H3,(H,20,21). The number of benzene rings is 1. The van der Waals surface area contributed by atoms with Crippen molar-refractivity contribution in [2.45, 2.75) is 33.1 Å². The maximum atomic E-state index is 11.8. The molecule has 1 saturated heterocycles. The summed E-state index contributed by atoms with van der Waals surface area (Å²) in [6, 6.07) is 8.63. The van der Waals surface area contributed by atoms with Gasteiger partial charge in [0.05, 0.1) is 12.5 Å². The van der Waals surface area contributed by atoms with Crippen LogP contribution in [0.15, 0.2) is 29.3 Å². The topological polar surface area (TPSA) is 53.9 Å². The van der Waals surface area contributed by atoms with Crippen LogP contribution in [0.4, 0.5) is 0 Å². The molecule has 1 N–H and O–H groups in total. The van der Waals surface area contributed by atoms with E-state index < -0.39 is 0 Å². The number of carbonyl (C=O) groups is 1. The molecule has 0 spiro atoms. The van der Waals surface area contributed by atoms with Crippen LogP contribution in [0.25, 0.3) is 0 Å². The third-order valence-electron chi connectivity index (χ3n) is 4.44. The predicted molar refractivity (Wildman–Crippen MR) is 97.2 cm³/mol. The van der Waals surface area contributed by atoms with Gasteiger partial charge in [-0.15, -0.1) is 0 Å². The van der Waals surface area contributed by atoms with Crippen LogP contribution in [-0.4, -0.2) is 50.1 Å². The Balaban J connectivity index is 1.76. The minimum absolute atomic E-state index is 0.0341. The summed E-state index contributed by atoms with van der Waals surface area (Å²) in [5.74, 6) is 0.899. The quantitative estimate of drug-likeness (QED) is 0.511. The summed E-state index contributed by atoms with van der Waals surface area (Å²) >= 11 is 0. The van der Waals surface area contributed by atoms with Crippen molar-refractivity contribution in [1.82, 2.24) is 10.2 Å². The van der Waals surface area contributed by atoms with E-state index in [4.69, 9.17) is 4.74 Å². The van der Waals surface area contributed by atoms with Crippen LogP contribution in [0, 0.1) is 12.8 Å². The molecule has 5 nitrogen and oxygen atoms in total. The zero-order chi connectivity index (χ0) is 17.4. The fraction of sp³-hybridized carbons (Fsp3) is 0.579. The van der Waals surface area contributed by atoms with Crippen LogP contribution in [0.2, 0.25) is 0 Å². The molecule has 1 aliphatic rings. The summed E-state index contributed by atoms with van der Waals surface area (Å²) in [5.41, 5.74) is 2.61. The number of nitrogens with zero attached hydrogens (tertiary/aromatic N) is 2. The first-order valence-electron chi connectivity index (χ1n) is 8.81. The van der Waals surface area contributed by atoms with E-state index in [1.807, 2.05) is 14.0 Å². The number of esters is 1. The van der Waals surface area contributed by atoms with Gasteiger partial charge in [0.1, 0.15) is 0 Å². The Bertz CT molecular complexity index is 546. The smallest absolute Gasteiger partial charge is 0.309 e. The van der Waals surface area contributed by atoms with Crippen LogP contribution in [0.1, 0.15) is 30.9 Å². The van der Waals surface area contributed by atoms with Crippen molar-refractivity contribution >= 4 is 11.9 Å². The molecule has 1 aliphatic heterocycles. The summed E-state index contributed by atoms with van der Waals surface area (Å²) in [7, 11) is 1.81. The van der Waals surface area contributed by atoms with Crippen LogP contribution in [-0.2, 0) is 16.0 Å². The van der Waals surface area contributed by atoms with Crippen LogP contribution >= 0.6 is 0 Å². The summed E-state index contributed by atoms with van der Waals surface area (Å²) in [5, 5.41) is 3.43. The lowest BCUT2D eigenvalue weighted by Gasteiger charge is -2.33. The zero-order valence-electron chi connectivity index (χ0n) is 15.0. The van der Waals surface area contributed by atoms with E-state index in [0.717, 1.165) is 44.9 Å². The number of guanidine groups is 1. The second kappa shape index (κ2) is 9.30. The molecule has 1 heterocycles. The number of ether oxygens (including phenoxy) is 1. The minimum atomic E-state index is -0.0560. The van der Waals surface area contributed by atoms with Gasteiger partial charge in [-0.05, 0) is 38.7 Å². The molecule has 0 radical (unpaired) electrons. The molecule has 1 aromatic rings. The van der Waals surface area contributed by atoms with E-state index in [1.165, 1.54) is 11.1 Å². The molecule has 0 aliphatic carbocycles. The normalized spacial score (nSPS) is 16.1. The maximum Gasteiger partial charge on any atom is 0.309 e. The number of likely N-dealkylation sites (tertiary alicyclic amines) is 1. The molecule has 24 heavy (non-hydrogen) atoms. The molecule has 0 unspecified atom stereocenters. The molecule has 0 aromatic heterocycles. The second-order valence-corrected chi connectivity index (χ2v) is 6.22. The number of aliphatic imine (C=N–C) groups is 1. The van der Waals surface area contributed by atoms with Crippen molar-refractivity contribution in [2.75, 3.05) is 33.3 Å². The molecule has 0 atom stereocenters. The van der Waals surface area contributed by atoms with Crippen molar-refractivity contribution in [2.24, 2.45) is 10.9 Å². The molecule has 0 amide bonds. The number of rotatable bonds is 5. The molecule has 1 aromatic carbocycles. The van der Waals surface area contributed by atoms with Crippen molar-refractivity contribution in [3.8, 4) is 0 Å². The van der Waals surface area contributed by atoms with E-state index in [-0.39, 0.29) is 11.9 Å². The van der Waals surface area contributed by atoms with Gasteiger partial charge in [0.25, 0.3) is 0 Å². The largest absolute Gasteiger partial charge is 0.466 e. The SMILES string of the molecule is CCOC(=O)C1CCN(C(=NC)NCCc2ccc(C)cc2)CC1. The van der Waals surface area contributed by atoms with E-state index in [9.17, 15) is 4.79 Å². The van der Waals surface area contributed by atoms with Gasteiger partial charge in [0, 0.05) is 26.7 Å². The molecule has 1 fully saturated rings. The highest BCUT2D eigenvalue weighted by atomic mass is 16.5. The average Bonchev–Trinajstić information content (AvgIpc) is 2.61. The number of nitrogens with one attached hydrogen (secondary N) is 1. The van der Waals surface area contributed by atoms with Gasteiger partial charge in [0.2, 0.25) is 0 Å². The Hall–Kier alpha value is -2.04. The van der Waals surface area contributed by atoms with Gasteiger partial charge in [-0.2, -0.15) is 0 Å². The molecule has 5 heteroatoms. The maximum absolute atomic E-state index is 11.8. The highest BCUT2D eigenvalue weighted by Gasteiger charge is 2.27. The summed E-state index contributed by atoms with van der Waals surface area (Å²) in [4.78, 5) is 18.4. The number of aryl methyl sites for hydroxylation is 1. The summed E-state index contributed by atoms with van der Waals surface area (Å²) < 4.78 is 5.12. The Morgan fingerprint density at radius 2 is 1.96 bits per heavy atom. The molecule has 2 rings (SSSR count). The van der Waals surface area contributed by atoms with Gasteiger partial charge >= 0.3 is 5.97 Å². The van der Waals surface area contributed by atoms with Crippen LogP contribution in [0.5, 0.6) is 0 Å². The second-order valence-electron chi connectivity index (χ2n) is 6.22. The molecular weight excluding hydrogens is 302 g/mol. The van der Waals surface area contributed by atoms with Crippen LogP contribution in [0.3, 0.4) is 0 Å². The number of hydrogen-bond acceptors (Lipinski definition) is 3. The Labute approximate surface area is 145 Å². The third kappa shape index (κ3) is 5.25. The highest BCUT2D eigenvalue weighted by Crippen LogP contribution is 2.18. The summed E-state index contributed by atoms with van der Waals surface area (Å²) in [6.45, 7) is 6.95. The number of hydrogen-bond donors (Lipinski definition) is 1. The molecule has 0 saturated carbocycles. The highest BCUT2D eigenvalue weighted by molar-refractivity contribution is 5.80. The number of carbonyl (C=O) groups excluding carboxylic acids is 1. The third-order valence-corrected chi connectivity index (χ3v) is 4.44. The van der Waals surface area contributed by atoms with Crippen molar-refractivity contribution in [3.05, 3.63) is 35.4 Å². The fourth-order valence-electron chi connectivity index (χ4n) is 2.99. The van der Waals surface area contributed by atoms with Gasteiger partial charge in [-0.25, -0.2) is 0 Å². The average molecular weight is 331 g/mol. The first-order valence-corrected chi connectivity index (χ1v) is 8.81. The Morgan fingerprint density at radius 3 is 2.54 bits per heavy atom. The van der Waals surface area contributed by atoms with Crippen LogP contribution < -0.4 is 5.32 Å². The van der Waals surface area contributed by atoms with Crippen molar-refractivity contribution in [3.63, 3.8) is 0 Å². The number of piperidine rings is 1. The monoisotopic (exact) mass is 331 g/mol. The van der Waals surface area contributed by atoms with Crippen molar-refractivity contribution < 1.29 is 9.53 Å². The van der Waals surface area contributed by atoms with Gasteiger partial charge in [-0.3, -0.25) is 9.79 Å².